The van der Waals surface area contributed by atoms with E-state index < -0.39 is 0 Å². The maximum absolute atomic E-state index is 5.60. The van der Waals surface area contributed by atoms with Gasteiger partial charge in [0.15, 0.2) is 16.3 Å². The lowest BCUT2D eigenvalue weighted by Gasteiger charge is -2.11. The van der Waals surface area contributed by atoms with Gasteiger partial charge in [-0.15, -0.1) is 0 Å². The summed E-state index contributed by atoms with van der Waals surface area (Å²) in [5, 5.41) is 0. The molecule has 3 N–H and O–H groups in total. The molecule has 0 atom stereocenters. The third-order valence-electron chi connectivity index (χ3n) is 3.36. The van der Waals surface area contributed by atoms with E-state index in [9.17, 15) is 0 Å². The van der Waals surface area contributed by atoms with E-state index in [-0.39, 0.29) is 0 Å². The predicted molar refractivity (Wildman–Crippen MR) is 76.5 cm³/mol. The van der Waals surface area contributed by atoms with Crippen molar-refractivity contribution in [2.24, 2.45) is 5.84 Å². The average Bonchev–Trinajstić information content (AvgIpc) is 2.72. The first kappa shape index (κ1) is 12.6. The third kappa shape index (κ3) is 2.50. The average molecular weight is 323 g/mol. The van der Waals surface area contributed by atoms with Gasteiger partial charge in [0.1, 0.15) is 5.82 Å². The van der Waals surface area contributed by atoms with Gasteiger partial charge in [-0.1, -0.05) is 6.42 Å². The van der Waals surface area contributed by atoms with Crippen LogP contribution in [0.15, 0.2) is 21.2 Å². The number of fused-ring (bicyclic) bond motifs is 1. The Labute approximate surface area is 119 Å². The highest BCUT2D eigenvalue weighted by Gasteiger charge is 2.18. The van der Waals surface area contributed by atoms with Crippen molar-refractivity contribution >= 4 is 21.7 Å². The monoisotopic (exact) mass is 322 g/mol. The number of furan rings is 1. The number of nitrogen functional groups attached to an aromatic ring is 1. The summed E-state index contributed by atoms with van der Waals surface area (Å²) in [4.78, 5) is 9.11. The number of nitrogens with one attached hydrogen (secondary N) is 1. The van der Waals surface area contributed by atoms with Gasteiger partial charge < -0.3 is 9.84 Å². The quantitative estimate of drug-likeness (QED) is 0.505. The van der Waals surface area contributed by atoms with Crippen LogP contribution in [0.5, 0.6) is 0 Å². The van der Waals surface area contributed by atoms with Crippen LogP contribution < -0.4 is 11.3 Å². The number of hydrazine groups is 1. The van der Waals surface area contributed by atoms with Crippen LogP contribution in [0.4, 0.5) is 5.82 Å². The fourth-order valence-electron chi connectivity index (χ4n) is 2.43. The number of rotatable bonds is 2. The molecule has 0 fully saturated rings. The van der Waals surface area contributed by atoms with Crippen molar-refractivity contribution in [3.63, 3.8) is 0 Å². The molecule has 100 valence electrons. The van der Waals surface area contributed by atoms with E-state index in [0.717, 1.165) is 42.8 Å². The van der Waals surface area contributed by atoms with Gasteiger partial charge in [0.05, 0.1) is 0 Å². The fourth-order valence-corrected chi connectivity index (χ4v) is 2.74. The summed E-state index contributed by atoms with van der Waals surface area (Å²) in [6.07, 6.45) is 5.51. The Balaban J connectivity index is 2.09. The van der Waals surface area contributed by atoms with Gasteiger partial charge >= 0.3 is 0 Å². The number of anilines is 1. The molecule has 0 bridgehead atoms. The number of aromatic nitrogens is 2. The van der Waals surface area contributed by atoms with Gasteiger partial charge in [-0.3, -0.25) is 0 Å². The maximum atomic E-state index is 5.60. The number of halogens is 1. The van der Waals surface area contributed by atoms with Gasteiger partial charge in [-0.2, -0.15) is 0 Å². The summed E-state index contributed by atoms with van der Waals surface area (Å²) < 4.78 is 6.18. The highest BCUT2D eigenvalue weighted by molar-refractivity contribution is 9.10. The van der Waals surface area contributed by atoms with Crippen molar-refractivity contribution in [3.8, 4) is 11.6 Å². The molecule has 0 radical (unpaired) electrons. The number of hydrogen-bond donors (Lipinski definition) is 2. The molecule has 0 spiro atoms. The lowest BCUT2D eigenvalue weighted by molar-refractivity contribution is 0.550. The second kappa shape index (κ2) is 5.30. The lowest BCUT2D eigenvalue weighted by atomic mass is 10.1. The minimum Gasteiger partial charge on any atom is -0.446 e. The Morgan fingerprint density at radius 3 is 2.74 bits per heavy atom. The van der Waals surface area contributed by atoms with E-state index in [1.54, 1.807) is 0 Å². The van der Waals surface area contributed by atoms with Crippen molar-refractivity contribution < 1.29 is 4.42 Å². The van der Waals surface area contributed by atoms with E-state index in [2.05, 4.69) is 31.3 Å². The van der Waals surface area contributed by atoms with Crippen molar-refractivity contribution in [2.45, 2.75) is 32.1 Å². The van der Waals surface area contributed by atoms with Gasteiger partial charge in [0.25, 0.3) is 0 Å². The van der Waals surface area contributed by atoms with Gasteiger partial charge in [-0.05, 0) is 53.7 Å². The molecule has 2 aromatic rings. The minimum absolute atomic E-state index is 0.583. The minimum atomic E-state index is 0.583. The topological polar surface area (TPSA) is 77.0 Å². The summed E-state index contributed by atoms with van der Waals surface area (Å²) >= 11 is 3.29. The van der Waals surface area contributed by atoms with Crippen molar-refractivity contribution in [1.29, 1.82) is 0 Å². The molecule has 3 rings (SSSR count). The number of aryl methyl sites for hydroxylation is 1. The van der Waals surface area contributed by atoms with E-state index in [4.69, 9.17) is 10.3 Å². The molecule has 2 heterocycles. The zero-order valence-electron chi connectivity index (χ0n) is 10.4. The van der Waals surface area contributed by atoms with Gasteiger partial charge in [0.2, 0.25) is 0 Å². The molecule has 0 saturated heterocycles. The molecule has 0 aromatic carbocycles. The van der Waals surface area contributed by atoms with E-state index in [0.29, 0.717) is 16.3 Å². The summed E-state index contributed by atoms with van der Waals surface area (Å²) in [5.74, 6) is 7.55. The first-order chi connectivity index (χ1) is 9.28. The second-order valence-corrected chi connectivity index (χ2v) is 5.41. The maximum Gasteiger partial charge on any atom is 0.197 e. The van der Waals surface area contributed by atoms with Crippen LogP contribution >= 0.6 is 15.9 Å². The third-order valence-corrected chi connectivity index (χ3v) is 3.79. The highest BCUT2D eigenvalue weighted by Crippen LogP contribution is 2.29. The Morgan fingerprint density at radius 1 is 1.16 bits per heavy atom. The van der Waals surface area contributed by atoms with Crippen molar-refractivity contribution in [3.05, 3.63) is 28.1 Å². The van der Waals surface area contributed by atoms with E-state index in [1.165, 1.54) is 6.42 Å². The lowest BCUT2D eigenvalue weighted by Crippen LogP contribution is -2.14. The SMILES string of the molecule is NNc1nc(-c2ccc(Br)o2)nc2c1CCCCC2. The molecule has 0 saturated carbocycles. The van der Waals surface area contributed by atoms with E-state index in [1.807, 2.05) is 12.1 Å². The van der Waals surface area contributed by atoms with Crippen LogP contribution in [-0.4, -0.2) is 9.97 Å². The van der Waals surface area contributed by atoms with Crippen molar-refractivity contribution in [1.82, 2.24) is 9.97 Å². The van der Waals surface area contributed by atoms with Gasteiger partial charge in [-0.25, -0.2) is 15.8 Å². The molecular formula is C13H15BrN4O. The largest absolute Gasteiger partial charge is 0.446 e. The summed E-state index contributed by atoms with van der Waals surface area (Å²) in [6.45, 7) is 0. The summed E-state index contributed by atoms with van der Waals surface area (Å²) in [6, 6.07) is 3.68. The molecule has 6 heteroatoms. The van der Waals surface area contributed by atoms with E-state index >= 15 is 0 Å². The molecule has 0 aliphatic heterocycles. The smallest absolute Gasteiger partial charge is 0.197 e. The fraction of sp³-hybridized carbons (Fsp3) is 0.385. The van der Waals surface area contributed by atoms with Crippen LogP contribution in [0.3, 0.4) is 0 Å². The van der Waals surface area contributed by atoms with Crippen LogP contribution in [0.2, 0.25) is 0 Å². The Hall–Kier alpha value is -1.40. The highest BCUT2D eigenvalue weighted by atomic mass is 79.9. The zero-order chi connectivity index (χ0) is 13.2. The molecule has 0 unspecified atom stereocenters. The Kier molecular flexibility index (Phi) is 3.52. The molecule has 5 nitrogen and oxygen atoms in total. The number of nitrogens with two attached hydrogens (primary N) is 1. The summed E-state index contributed by atoms with van der Waals surface area (Å²) in [5.41, 5.74) is 4.93. The molecular weight excluding hydrogens is 308 g/mol. The standard InChI is InChI=1S/C13H15BrN4O/c14-11-7-6-10(19-11)13-16-9-5-3-1-2-4-8(9)12(17-13)18-15/h6-7H,1-5,15H2,(H,16,17,18). The van der Waals surface area contributed by atoms with Crippen LogP contribution in [0.25, 0.3) is 11.6 Å². The normalized spacial score (nSPS) is 14.8. The van der Waals surface area contributed by atoms with Gasteiger partial charge in [0, 0.05) is 11.3 Å². The molecule has 2 aromatic heterocycles. The predicted octanol–water partition coefficient (Wildman–Crippen LogP) is 3.05. The summed E-state index contributed by atoms with van der Waals surface area (Å²) in [7, 11) is 0. The van der Waals surface area contributed by atoms with Crippen LogP contribution in [0, 0.1) is 0 Å². The molecule has 1 aliphatic rings. The first-order valence-corrected chi connectivity index (χ1v) is 7.19. The second-order valence-electron chi connectivity index (χ2n) is 4.63. The molecule has 19 heavy (non-hydrogen) atoms. The molecule has 1 aliphatic carbocycles. The number of hydrogen-bond acceptors (Lipinski definition) is 5. The van der Waals surface area contributed by atoms with Crippen molar-refractivity contribution in [2.75, 3.05) is 5.43 Å². The Morgan fingerprint density at radius 2 is 2.00 bits per heavy atom. The van der Waals surface area contributed by atoms with Crippen LogP contribution in [0.1, 0.15) is 30.5 Å². The van der Waals surface area contributed by atoms with Crippen LogP contribution in [-0.2, 0) is 12.8 Å². The zero-order valence-corrected chi connectivity index (χ0v) is 12.0. The first-order valence-electron chi connectivity index (χ1n) is 6.40. The number of nitrogens with zero attached hydrogens (tertiary/aromatic N) is 2. The molecule has 0 amide bonds. The Bertz CT molecular complexity index is 596.